The van der Waals surface area contributed by atoms with Gasteiger partial charge in [0, 0.05) is 0 Å². The third kappa shape index (κ3) is 6.04. The number of aliphatic hydroxyl groups excluding tert-OH is 2. The summed E-state index contributed by atoms with van der Waals surface area (Å²) < 4.78 is 0. The van der Waals surface area contributed by atoms with E-state index in [0.717, 1.165) is 4.90 Å². The third-order valence-electron chi connectivity index (χ3n) is 3.35. The van der Waals surface area contributed by atoms with Gasteiger partial charge in [0.25, 0.3) is 11.8 Å². The molecule has 1 rings (SSSR count). The van der Waals surface area contributed by atoms with Gasteiger partial charge in [-0.15, -0.1) is 0 Å². The number of urea groups is 3. The van der Waals surface area contributed by atoms with Crippen LogP contribution in [0.15, 0.2) is 0 Å². The Hall–Kier alpha value is -3.50. The first-order chi connectivity index (χ1) is 13.2. The Labute approximate surface area is 157 Å². The van der Waals surface area contributed by atoms with Crippen molar-refractivity contribution in [2.75, 3.05) is 27.2 Å². The predicted octanol–water partition coefficient (Wildman–Crippen LogP) is -5.15. The van der Waals surface area contributed by atoms with Crippen molar-refractivity contribution in [1.82, 2.24) is 41.7 Å². The molecule has 1 aliphatic rings. The highest BCUT2D eigenvalue weighted by Gasteiger charge is 2.38. The number of hydrogen-bond donors (Lipinski definition) is 8. The summed E-state index contributed by atoms with van der Waals surface area (Å²) >= 11 is 0. The molecule has 8 N–H and O–H groups in total. The SMILES string of the molecule is CN(CO)C(NC(=O)NCNC(=O)NC1C(=O)NC(=O)N1CO)C(=O)NC=O. The summed E-state index contributed by atoms with van der Waals surface area (Å²) in [4.78, 5) is 70.0. The van der Waals surface area contributed by atoms with Crippen molar-refractivity contribution in [2.24, 2.45) is 0 Å². The van der Waals surface area contributed by atoms with Crippen LogP contribution in [0.3, 0.4) is 0 Å². The highest BCUT2D eigenvalue weighted by molar-refractivity contribution is 6.05. The van der Waals surface area contributed by atoms with Gasteiger partial charge < -0.3 is 31.5 Å². The summed E-state index contributed by atoms with van der Waals surface area (Å²) in [5.74, 6) is -1.76. The lowest BCUT2D eigenvalue weighted by Crippen LogP contribution is -2.59. The van der Waals surface area contributed by atoms with E-state index in [0.29, 0.717) is 4.90 Å². The van der Waals surface area contributed by atoms with Crippen LogP contribution < -0.4 is 31.9 Å². The first-order valence-electron chi connectivity index (χ1n) is 7.61. The number of aliphatic hydroxyl groups is 2. The van der Waals surface area contributed by atoms with Crippen LogP contribution in [0.5, 0.6) is 0 Å². The van der Waals surface area contributed by atoms with Crippen molar-refractivity contribution in [3.8, 4) is 0 Å². The molecular weight excluding hydrogens is 384 g/mol. The Morgan fingerprint density at radius 3 is 2.46 bits per heavy atom. The van der Waals surface area contributed by atoms with Crippen molar-refractivity contribution < 1.29 is 39.0 Å². The Kier molecular flexibility index (Phi) is 8.53. The van der Waals surface area contributed by atoms with Gasteiger partial charge in [-0.05, 0) is 7.05 Å². The summed E-state index contributed by atoms with van der Waals surface area (Å²) in [7, 11) is 1.29. The minimum atomic E-state index is -1.43. The molecule has 0 aromatic carbocycles. The van der Waals surface area contributed by atoms with E-state index < -0.39 is 62.4 Å². The number of imide groups is 2. The molecule has 0 aliphatic carbocycles. The van der Waals surface area contributed by atoms with Crippen LogP contribution in [-0.4, -0.2) is 95.8 Å². The zero-order valence-electron chi connectivity index (χ0n) is 14.6. The summed E-state index contributed by atoms with van der Waals surface area (Å²) in [5, 5.41) is 30.3. The lowest BCUT2D eigenvalue weighted by Gasteiger charge is -2.25. The number of carbonyl (C=O) groups excluding carboxylic acids is 6. The van der Waals surface area contributed by atoms with Gasteiger partial charge in [-0.3, -0.25) is 34.8 Å². The average Bonchev–Trinajstić information content (AvgIpc) is 2.91. The summed E-state index contributed by atoms with van der Waals surface area (Å²) in [5.41, 5.74) is 0. The number of nitrogens with one attached hydrogen (secondary N) is 6. The van der Waals surface area contributed by atoms with Gasteiger partial charge >= 0.3 is 18.1 Å². The van der Waals surface area contributed by atoms with Crippen LogP contribution in [0.1, 0.15) is 0 Å². The smallest absolute Gasteiger partial charge is 0.328 e. The monoisotopic (exact) mass is 404 g/mol. The molecule has 16 heteroatoms. The van der Waals surface area contributed by atoms with Gasteiger partial charge in [0.05, 0.1) is 13.4 Å². The summed E-state index contributed by atoms with van der Waals surface area (Å²) in [6.45, 7) is -1.88. The molecule has 2 atom stereocenters. The number of nitrogens with zero attached hydrogens (tertiary/aromatic N) is 2. The molecule has 0 bridgehead atoms. The Morgan fingerprint density at radius 1 is 1.25 bits per heavy atom. The average molecular weight is 404 g/mol. The van der Waals surface area contributed by atoms with Crippen molar-refractivity contribution in [3.05, 3.63) is 0 Å². The van der Waals surface area contributed by atoms with Crippen LogP contribution in [0, 0.1) is 0 Å². The van der Waals surface area contributed by atoms with Crippen LogP contribution in [0.4, 0.5) is 14.4 Å². The van der Waals surface area contributed by atoms with E-state index in [9.17, 15) is 28.8 Å². The van der Waals surface area contributed by atoms with Crippen molar-refractivity contribution >= 4 is 36.3 Å². The van der Waals surface area contributed by atoms with E-state index >= 15 is 0 Å². The van der Waals surface area contributed by atoms with Gasteiger partial charge in [0.2, 0.25) is 6.41 Å². The minimum Gasteiger partial charge on any atom is -0.381 e. The minimum absolute atomic E-state index is 0.103. The fourth-order valence-electron chi connectivity index (χ4n) is 1.94. The Balaban J connectivity index is 2.46. The van der Waals surface area contributed by atoms with E-state index in [-0.39, 0.29) is 6.41 Å². The van der Waals surface area contributed by atoms with E-state index in [1.165, 1.54) is 7.05 Å². The maximum absolute atomic E-state index is 11.8. The van der Waals surface area contributed by atoms with Crippen LogP contribution in [0.25, 0.3) is 0 Å². The number of rotatable bonds is 9. The zero-order valence-corrected chi connectivity index (χ0v) is 14.6. The van der Waals surface area contributed by atoms with Gasteiger partial charge in [0.1, 0.15) is 6.73 Å². The Morgan fingerprint density at radius 2 is 1.89 bits per heavy atom. The van der Waals surface area contributed by atoms with E-state index in [4.69, 9.17) is 10.2 Å². The second-order valence-electron chi connectivity index (χ2n) is 5.21. The summed E-state index contributed by atoms with van der Waals surface area (Å²) in [6, 6.07) is -2.77. The second kappa shape index (κ2) is 10.6. The standard InChI is InChI=1S/C12H20N8O8/c1-19(4-22)6(8(24)15-3-21)16-10(26)13-2-14-11(27)17-7-9(25)18-12(28)20(7)5-23/h3,6-7,22-23H,2,4-5H2,1H3,(H2,13,16,26)(H2,14,17,27)(H,15,21,24)(H,18,25,28). The quantitative estimate of drug-likeness (QED) is 0.104. The molecule has 1 heterocycles. The zero-order chi connectivity index (χ0) is 21.3. The molecule has 0 spiro atoms. The first-order valence-corrected chi connectivity index (χ1v) is 7.61. The number of likely N-dealkylation sites (N-methyl/N-ethyl adjacent to an activating group) is 1. The van der Waals surface area contributed by atoms with Crippen LogP contribution in [0.2, 0.25) is 0 Å². The van der Waals surface area contributed by atoms with E-state index in [1.54, 1.807) is 0 Å². The molecule has 0 aromatic rings. The van der Waals surface area contributed by atoms with Crippen LogP contribution >= 0.6 is 0 Å². The van der Waals surface area contributed by atoms with Gasteiger partial charge in [-0.2, -0.15) is 0 Å². The molecule has 1 fully saturated rings. The molecule has 156 valence electrons. The molecule has 0 radical (unpaired) electrons. The van der Waals surface area contributed by atoms with Gasteiger partial charge in [-0.1, -0.05) is 0 Å². The van der Waals surface area contributed by atoms with Gasteiger partial charge in [0.15, 0.2) is 12.3 Å². The number of carbonyl (C=O) groups is 6. The largest absolute Gasteiger partial charge is 0.381 e. The molecule has 0 aromatic heterocycles. The fraction of sp³-hybridized carbons (Fsp3) is 0.500. The highest BCUT2D eigenvalue weighted by atomic mass is 16.3. The maximum atomic E-state index is 11.8. The highest BCUT2D eigenvalue weighted by Crippen LogP contribution is 2.04. The van der Waals surface area contributed by atoms with E-state index in [1.807, 2.05) is 10.6 Å². The lowest BCUT2D eigenvalue weighted by atomic mass is 10.4. The van der Waals surface area contributed by atoms with Gasteiger partial charge in [-0.25, -0.2) is 14.4 Å². The normalized spacial score (nSPS) is 16.9. The lowest BCUT2D eigenvalue weighted by molar-refractivity contribution is -0.131. The maximum Gasteiger partial charge on any atom is 0.328 e. The van der Waals surface area contributed by atoms with E-state index in [2.05, 4.69) is 21.3 Å². The second-order valence-corrected chi connectivity index (χ2v) is 5.21. The molecule has 28 heavy (non-hydrogen) atoms. The Bertz CT molecular complexity index is 643. The van der Waals surface area contributed by atoms with Crippen LogP contribution in [-0.2, 0) is 14.4 Å². The van der Waals surface area contributed by atoms with Crippen molar-refractivity contribution in [2.45, 2.75) is 12.3 Å². The molecule has 1 saturated heterocycles. The summed E-state index contributed by atoms with van der Waals surface area (Å²) in [6.07, 6.45) is -2.71. The molecular formula is C12H20N8O8. The molecule has 9 amide bonds. The molecule has 0 saturated carbocycles. The molecule has 16 nitrogen and oxygen atoms in total. The number of amides is 9. The first kappa shape index (κ1) is 22.5. The third-order valence-corrected chi connectivity index (χ3v) is 3.35. The molecule has 1 aliphatic heterocycles. The van der Waals surface area contributed by atoms with Crippen molar-refractivity contribution in [3.63, 3.8) is 0 Å². The van der Waals surface area contributed by atoms with Crippen molar-refractivity contribution in [1.29, 1.82) is 0 Å². The number of hydrogen-bond acceptors (Lipinski definition) is 9. The topological polar surface area (TPSA) is 222 Å². The molecule has 2 unspecified atom stereocenters. The predicted molar refractivity (Wildman–Crippen MR) is 87.3 cm³/mol. The fourth-order valence-corrected chi connectivity index (χ4v) is 1.94.